The largest absolute Gasteiger partial charge is 0.466 e. The number of nitrogens with zero attached hydrogens (tertiary/aromatic N) is 2. The van der Waals surface area contributed by atoms with E-state index < -0.39 is 0 Å². The Labute approximate surface area is 174 Å². The first-order valence-electron chi connectivity index (χ1n) is 9.71. The van der Waals surface area contributed by atoms with Crippen molar-refractivity contribution >= 4 is 39.9 Å². The molecule has 1 amide bonds. The zero-order valence-corrected chi connectivity index (χ0v) is 17.8. The summed E-state index contributed by atoms with van der Waals surface area (Å²) >= 11 is 7.46. The van der Waals surface area contributed by atoms with Gasteiger partial charge in [-0.2, -0.15) is 0 Å². The lowest BCUT2D eigenvalue weighted by atomic mass is 9.93. The summed E-state index contributed by atoms with van der Waals surface area (Å²) in [5.41, 5.74) is 1.84. The van der Waals surface area contributed by atoms with Crippen molar-refractivity contribution in [1.82, 2.24) is 4.98 Å². The molecule has 1 fully saturated rings. The molecular formula is C21H25ClN2O3S. The van der Waals surface area contributed by atoms with Crippen molar-refractivity contribution < 1.29 is 14.3 Å². The van der Waals surface area contributed by atoms with Crippen LogP contribution >= 0.6 is 22.9 Å². The van der Waals surface area contributed by atoms with Crippen LogP contribution < -0.4 is 4.90 Å². The number of halogens is 1. The molecule has 5 nitrogen and oxygen atoms in total. The minimum absolute atomic E-state index is 0.0582. The highest BCUT2D eigenvalue weighted by atomic mass is 35.5. The van der Waals surface area contributed by atoms with Crippen LogP contribution in [0.5, 0.6) is 0 Å². The third kappa shape index (κ3) is 4.73. The van der Waals surface area contributed by atoms with Gasteiger partial charge in [0, 0.05) is 28.8 Å². The van der Waals surface area contributed by atoms with Gasteiger partial charge in [-0.15, -0.1) is 11.3 Å². The number of hydrogen-bond donors (Lipinski definition) is 0. The van der Waals surface area contributed by atoms with Crippen LogP contribution in [0.4, 0.5) is 5.13 Å². The topological polar surface area (TPSA) is 59.5 Å². The maximum absolute atomic E-state index is 12.8. The second-order valence-corrected chi connectivity index (χ2v) is 8.15. The summed E-state index contributed by atoms with van der Waals surface area (Å²) in [5, 5.41) is 3.22. The molecule has 150 valence electrons. The smallest absolute Gasteiger partial charge is 0.311 e. The van der Waals surface area contributed by atoms with Gasteiger partial charge in [0.1, 0.15) is 0 Å². The van der Waals surface area contributed by atoms with Crippen molar-refractivity contribution in [1.29, 1.82) is 0 Å². The molecule has 0 bridgehead atoms. The van der Waals surface area contributed by atoms with E-state index in [9.17, 15) is 9.59 Å². The molecule has 1 heterocycles. The minimum atomic E-state index is -0.298. The number of ether oxygens (including phenoxy) is 1. The van der Waals surface area contributed by atoms with E-state index in [4.69, 9.17) is 16.3 Å². The summed E-state index contributed by atoms with van der Waals surface area (Å²) in [7, 11) is 0. The number of rotatable bonds is 7. The molecule has 2 unspecified atom stereocenters. The monoisotopic (exact) mass is 420 g/mol. The van der Waals surface area contributed by atoms with E-state index in [1.54, 1.807) is 6.92 Å². The van der Waals surface area contributed by atoms with Crippen LogP contribution in [0.1, 0.15) is 56.7 Å². The quantitative estimate of drug-likeness (QED) is 0.592. The molecule has 1 saturated carbocycles. The maximum Gasteiger partial charge on any atom is 0.311 e. The first-order valence-corrected chi connectivity index (χ1v) is 11.0. The SMILES string of the molecule is CCOC(=O)Cc1csc(N(C(=O)CC)C2CCCC2c2ccc(Cl)cc2)n1. The number of aromatic nitrogens is 1. The van der Waals surface area contributed by atoms with Crippen LogP contribution in [0.15, 0.2) is 29.6 Å². The van der Waals surface area contributed by atoms with Crippen molar-refractivity contribution in [3.8, 4) is 0 Å². The van der Waals surface area contributed by atoms with Crippen molar-refractivity contribution in [3.63, 3.8) is 0 Å². The van der Waals surface area contributed by atoms with E-state index in [0.717, 1.165) is 19.3 Å². The second-order valence-electron chi connectivity index (χ2n) is 6.88. The molecule has 28 heavy (non-hydrogen) atoms. The third-order valence-corrected chi connectivity index (χ3v) is 6.20. The lowest BCUT2D eigenvalue weighted by molar-refractivity contribution is -0.142. The Hall–Kier alpha value is -1.92. The molecule has 0 N–H and O–H groups in total. The van der Waals surface area contributed by atoms with Crippen LogP contribution in [-0.4, -0.2) is 29.5 Å². The van der Waals surface area contributed by atoms with Gasteiger partial charge in [-0.3, -0.25) is 14.5 Å². The van der Waals surface area contributed by atoms with Gasteiger partial charge < -0.3 is 4.74 Å². The average molecular weight is 421 g/mol. The van der Waals surface area contributed by atoms with Gasteiger partial charge in [0.05, 0.1) is 18.7 Å². The molecule has 2 aromatic rings. The lowest BCUT2D eigenvalue weighted by Crippen LogP contribution is -2.41. The fourth-order valence-electron chi connectivity index (χ4n) is 3.80. The predicted molar refractivity (Wildman–Crippen MR) is 112 cm³/mol. The number of hydrogen-bond acceptors (Lipinski definition) is 5. The summed E-state index contributed by atoms with van der Waals surface area (Å²) < 4.78 is 5.00. The van der Waals surface area contributed by atoms with Gasteiger partial charge in [-0.05, 0) is 37.5 Å². The molecule has 0 radical (unpaired) electrons. The summed E-state index contributed by atoms with van der Waals surface area (Å²) in [6, 6.07) is 7.97. The van der Waals surface area contributed by atoms with E-state index in [1.807, 2.05) is 41.5 Å². The number of amides is 1. The molecule has 1 aromatic carbocycles. The molecule has 1 aromatic heterocycles. The van der Waals surface area contributed by atoms with Crippen molar-refractivity contribution in [2.45, 2.75) is 57.9 Å². The number of carbonyl (C=O) groups excluding carboxylic acids is 2. The van der Waals surface area contributed by atoms with E-state index in [-0.39, 0.29) is 30.3 Å². The Bertz CT molecular complexity index is 821. The van der Waals surface area contributed by atoms with E-state index in [0.29, 0.717) is 28.9 Å². The van der Waals surface area contributed by atoms with E-state index >= 15 is 0 Å². The first-order chi connectivity index (χ1) is 13.5. The van der Waals surface area contributed by atoms with Gasteiger partial charge >= 0.3 is 5.97 Å². The van der Waals surface area contributed by atoms with Crippen molar-refractivity contribution in [3.05, 3.63) is 45.9 Å². The standard InChI is InChI=1S/C21H25ClN2O3S/c1-3-19(25)24(21-23-16(13-28-21)12-20(26)27-4-2)18-7-5-6-17(18)14-8-10-15(22)11-9-14/h8-11,13,17-18H,3-7,12H2,1-2H3. The Balaban J connectivity index is 1.86. The van der Waals surface area contributed by atoms with E-state index in [1.165, 1.54) is 16.9 Å². The fourth-order valence-corrected chi connectivity index (χ4v) is 4.82. The zero-order chi connectivity index (χ0) is 20.1. The van der Waals surface area contributed by atoms with Gasteiger partial charge in [0.15, 0.2) is 5.13 Å². The normalized spacial score (nSPS) is 18.8. The summed E-state index contributed by atoms with van der Waals surface area (Å²) in [6.07, 6.45) is 3.57. The number of anilines is 1. The molecule has 7 heteroatoms. The van der Waals surface area contributed by atoms with Crippen LogP contribution in [-0.2, 0) is 20.7 Å². The Kier molecular flexibility index (Phi) is 7.08. The van der Waals surface area contributed by atoms with Crippen LogP contribution in [0.3, 0.4) is 0 Å². The van der Waals surface area contributed by atoms with Crippen LogP contribution in [0.25, 0.3) is 0 Å². The van der Waals surface area contributed by atoms with Crippen molar-refractivity contribution in [2.75, 3.05) is 11.5 Å². The molecule has 1 aliphatic rings. The molecule has 2 atom stereocenters. The molecular weight excluding hydrogens is 396 g/mol. The average Bonchev–Trinajstić information content (AvgIpc) is 3.33. The number of esters is 1. The highest BCUT2D eigenvalue weighted by molar-refractivity contribution is 7.14. The Morgan fingerprint density at radius 3 is 2.68 bits per heavy atom. The van der Waals surface area contributed by atoms with Gasteiger partial charge in [0.25, 0.3) is 0 Å². The summed E-state index contributed by atoms with van der Waals surface area (Å²) in [5.74, 6) is 0.0145. The highest BCUT2D eigenvalue weighted by Crippen LogP contribution is 2.41. The second kappa shape index (κ2) is 9.52. The first kappa shape index (κ1) is 20.8. The predicted octanol–water partition coefficient (Wildman–Crippen LogP) is 4.98. The summed E-state index contributed by atoms with van der Waals surface area (Å²) in [6.45, 7) is 4.00. The molecule has 0 saturated heterocycles. The lowest BCUT2D eigenvalue weighted by Gasteiger charge is -2.31. The van der Waals surface area contributed by atoms with Crippen molar-refractivity contribution in [2.24, 2.45) is 0 Å². The maximum atomic E-state index is 12.8. The Morgan fingerprint density at radius 1 is 1.25 bits per heavy atom. The van der Waals surface area contributed by atoms with Gasteiger partial charge in [0.2, 0.25) is 5.91 Å². The van der Waals surface area contributed by atoms with E-state index in [2.05, 4.69) is 4.98 Å². The fraction of sp³-hybridized carbons (Fsp3) is 0.476. The van der Waals surface area contributed by atoms with Gasteiger partial charge in [-0.1, -0.05) is 37.1 Å². The molecule has 1 aliphatic carbocycles. The number of carbonyl (C=O) groups is 2. The molecule has 3 rings (SSSR count). The Morgan fingerprint density at radius 2 is 2.00 bits per heavy atom. The number of thiazole rings is 1. The highest BCUT2D eigenvalue weighted by Gasteiger charge is 2.37. The molecule has 0 aliphatic heterocycles. The van der Waals surface area contributed by atoms with Gasteiger partial charge in [-0.25, -0.2) is 4.98 Å². The van der Waals surface area contributed by atoms with Crippen LogP contribution in [0.2, 0.25) is 5.02 Å². The van der Waals surface area contributed by atoms with Crippen LogP contribution in [0, 0.1) is 0 Å². The molecule has 0 spiro atoms. The summed E-state index contributed by atoms with van der Waals surface area (Å²) in [4.78, 5) is 31.0. The third-order valence-electron chi connectivity index (χ3n) is 5.06. The minimum Gasteiger partial charge on any atom is -0.466 e. The zero-order valence-electron chi connectivity index (χ0n) is 16.2. The number of benzene rings is 1.